The van der Waals surface area contributed by atoms with Gasteiger partial charge in [0.05, 0.1) is 17.5 Å². The van der Waals surface area contributed by atoms with Crippen molar-refractivity contribution in [3.63, 3.8) is 0 Å². The zero-order chi connectivity index (χ0) is 18.3. The molecule has 2 aromatic rings. The molecule has 0 unspecified atom stereocenters. The normalized spacial score (nSPS) is 19.0. The second kappa shape index (κ2) is 6.87. The number of carbonyl (C=O) groups is 1. The SMILES string of the molecule is CCN1CCc2noc(C3CCN(C(=O)c4cnn(C)c4C)CC3)c2C1. The molecule has 0 saturated carbocycles. The summed E-state index contributed by atoms with van der Waals surface area (Å²) in [7, 11) is 1.87. The fourth-order valence-electron chi connectivity index (χ4n) is 4.10. The third-order valence-electron chi connectivity index (χ3n) is 6.01. The van der Waals surface area contributed by atoms with Crippen LogP contribution in [-0.4, -0.2) is 56.8 Å². The highest BCUT2D eigenvalue weighted by Crippen LogP contribution is 2.34. The van der Waals surface area contributed by atoms with Crippen molar-refractivity contribution in [2.24, 2.45) is 7.05 Å². The highest BCUT2D eigenvalue weighted by atomic mass is 16.5. The number of likely N-dealkylation sites (tertiary alicyclic amines) is 1. The summed E-state index contributed by atoms with van der Waals surface area (Å²) in [5.41, 5.74) is 4.06. The lowest BCUT2D eigenvalue weighted by atomic mass is 9.90. The number of aryl methyl sites for hydroxylation is 1. The summed E-state index contributed by atoms with van der Waals surface area (Å²) in [4.78, 5) is 17.2. The Balaban J connectivity index is 1.44. The molecule has 0 atom stereocenters. The average molecular weight is 357 g/mol. The molecule has 2 aliphatic heterocycles. The van der Waals surface area contributed by atoms with Gasteiger partial charge >= 0.3 is 0 Å². The van der Waals surface area contributed by atoms with E-state index in [1.807, 2.05) is 18.9 Å². The highest BCUT2D eigenvalue weighted by molar-refractivity contribution is 5.95. The van der Waals surface area contributed by atoms with Gasteiger partial charge in [-0.05, 0) is 26.3 Å². The van der Waals surface area contributed by atoms with E-state index in [0.29, 0.717) is 11.5 Å². The third-order valence-corrected chi connectivity index (χ3v) is 6.01. The van der Waals surface area contributed by atoms with E-state index in [9.17, 15) is 4.79 Å². The zero-order valence-corrected chi connectivity index (χ0v) is 15.9. The van der Waals surface area contributed by atoms with Gasteiger partial charge in [-0.25, -0.2) is 0 Å². The minimum absolute atomic E-state index is 0.0887. The fourth-order valence-corrected chi connectivity index (χ4v) is 4.10. The van der Waals surface area contributed by atoms with E-state index in [0.717, 1.165) is 69.1 Å². The standard InChI is InChI=1S/C19H27N5O2/c1-4-23-8-7-17-16(12-23)18(26-21-17)14-5-9-24(10-6-14)19(25)15-11-20-22(3)13(15)2/h11,14H,4-10,12H2,1-3H3. The largest absolute Gasteiger partial charge is 0.360 e. The van der Waals surface area contributed by atoms with Crippen molar-refractivity contribution in [1.82, 2.24) is 24.7 Å². The molecule has 4 heterocycles. The lowest BCUT2D eigenvalue weighted by Crippen LogP contribution is -2.38. The molecule has 7 heteroatoms. The van der Waals surface area contributed by atoms with E-state index in [-0.39, 0.29) is 5.91 Å². The number of rotatable bonds is 3. The molecule has 1 amide bonds. The molecule has 26 heavy (non-hydrogen) atoms. The number of hydrogen-bond acceptors (Lipinski definition) is 5. The van der Waals surface area contributed by atoms with Crippen LogP contribution in [0.3, 0.4) is 0 Å². The Morgan fingerprint density at radius 2 is 2.08 bits per heavy atom. The van der Waals surface area contributed by atoms with Gasteiger partial charge in [-0.3, -0.25) is 14.4 Å². The molecule has 2 aliphatic rings. The summed E-state index contributed by atoms with van der Waals surface area (Å²) >= 11 is 0. The van der Waals surface area contributed by atoms with Gasteiger partial charge in [0.15, 0.2) is 0 Å². The van der Waals surface area contributed by atoms with Crippen molar-refractivity contribution < 1.29 is 9.32 Å². The molecular weight excluding hydrogens is 330 g/mol. The van der Waals surface area contributed by atoms with Gasteiger partial charge in [-0.1, -0.05) is 12.1 Å². The Morgan fingerprint density at radius 3 is 2.73 bits per heavy atom. The van der Waals surface area contributed by atoms with E-state index >= 15 is 0 Å². The molecule has 0 N–H and O–H groups in total. The maximum Gasteiger partial charge on any atom is 0.257 e. The number of likely N-dealkylation sites (N-methyl/N-ethyl adjacent to an activating group) is 1. The van der Waals surface area contributed by atoms with Crippen LogP contribution in [0.5, 0.6) is 0 Å². The summed E-state index contributed by atoms with van der Waals surface area (Å²) in [6.45, 7) is 8.71. The van der Waals surface area contributed by atoms with Crippen LogP contribution in [0, 0.1) is 6.92 Å². The summed E-state index contributed by atoms with van der Waals surface area (Å²) in [6.07, 6.45) is 4.51. The van der Waals surface area contributed by atoms with Crippen LogP contribution in [0.15, 0.2) is 10.7 Å². The molecule has 1 saturated heterocycles. The predicted molar refractivity (Wildman–Crippen MR) is 97.0 cm³/mol. The third kappa shape index (κ3) is 2.94. The fraction of sp³-hybridized carbons (Fsp3) is 0.632. The minimum Gasteiger partial charge on any atom is -0.360 e. The molecule has 2 aromatic heterocycles. The maximum atomic E-state index is 12.8. The van der Waals surface area contributed by atoms with Crippen LogP contribution in [0.4, 0.5) is 0 Å². The van der Waals surface area contributed by atoms with Crippen LogP contribution in [0.1, 0.15) is 58.8 Å². The van der Waals surface area contributed by atoms with Crippen molar-refractivity contribution >= 4 is 5.91 Å². The first-order chi connectivity index (χ1) is 12.6. The van der Waals surface area contributed by atoms with Crippen molar-refractivity contribution in [1.29, 1.82) is 0 Å². The number of fused-ring (bicyclic) bond motifs is 1. The van der Waals surface area contributed by atoms with Crippen molar-refractivity contribution in [2.75, 3.05) is 26.2 Å². The minimum atomic E-state index is 0.0887. The molecule has 0 bridgehead atoms. The second-order valence-corrected chi connectivity index (χ2v) is 7.42. The van der Waals surface area contributed by atoms with E-state index in [1.165, 1.54) is 5.56 Å². The summed E-state index contributed by atoms with van der Waals surface area (Å²) in [6, 6.07) is 0. The predicted octanol–water partition coefficient (Wildman–Crippen LogP) is 2.11. The van der Waals surface area contributed by atoms with Crippen LogP contribution in [0.25, 0.3) is 0 Å². The van der Waals surface area contributed by atoms with Gasteiger partial charge in [0, 0.05) is 56.8 Å². The Morgan fingerprint density at radius 1 is 1.31 bits per heavy atom. The molecule has 0 aliphatic carbocycles. The first-order valence-corrected chi connectivity index (χ1v) is 9.56. The first kappa shape index (κ1) is 17.3. The van der Waals surface area contributed by atoms with Crippen molar-refractivity contribution in [2.45, 2.75) is 45.6 Å². The summed E-state index contributed by atoms with van der Waals surface area (Å²) < 4.78 is 7.51. The zero-order valence-electron chi connectivity index (χ0n) is 15.9. The van der Waals surface area contributed by atoms with Gasteiger partial charge in [-0.2, -0.15) is 5.10 Å². The van der Waals surface area contributed by atoms with Gasteiger partial charge in [0.2, 0.25) is 0 Å². The summed E-state index contributed by atoms with van der Waals surface area (Å²) in [5.74, 6) is 1.51. The number of hydrogen-bond donors (Lipinski definition) is 0. The van der Waals surface area contributed by atoms with E-state index in [2.05, 4.69) is 22.1 Å². The number of carbonyl (C=O) groups excluding carboxylic acids is 1. The first-order valence-electron chi connectivity index (χ1n) is 9.56. The Labute approximate surface area is 153 Å². The number of piperidine rings is 1. The maximum absolute atomic E-state index is 12.8. The molecule has 0 radical (unpaired) electrons. The van der Waals surface area contributed by atoms with Gasteiger partial charge in [-0.15, -0.1) is 0 Å². The van der Waals surface area contributed by atoms with Crippen LogP contribution < -0.4 is 0 Å². The van der Waals surface area contributed by atoms with Crippen LogP contribution in [0.2, 0.25) is 0 Å². The van der Waals surface area contributed by atoms with Crippen LogP contribution in [-0.2, 0) is 20.0 Å². The molecule has 140 valence electrons. The smallest absolute Gasteiger partial charge is 0.257 e. The van der Waals surface area contributed by atoms with Gasteiger partial charge < -0.3 is 9.42 Å². The lowest BCUT2D eigenvalue weighted by Gasteiger charge is -2.32. The quantitative estimate of drug-likeness (QED) is 0.842. The summed E-state index contributed by atoms with van der Waals surface area (Å²) in [5, 5.41) is 8.52. The van der Waals surface area contributed by atoms with E-state index in [4.69, 9.17) is 4.52 Å². The monoisotopic (exact) mass is 357 g/mol. The van der Waals surface area contributed by atoms with E-state index in [1.54, 1.807) is 10.9 Å². The molecule has 1 fully saturated rings. The molecular formula is C19H27N5O2. The lowest BCUT2D eigenvalue weighted by molar-refractivity contribution is 0.0704. The van der Waals surface area contributed by atoms with Crippen LogP contribution >= 0.6 is 0 Å². The molecule has 0 spiro atoms. The van der Waals surface area contributed by atoms with Crippen molar-refractivity contribution in [3.8, 4) is 0 Å². The Kier molecular flexibility index (Phi) is 4.56. The Bertz CT molecular complexity index is 801. The average Bonchev–Trinajstić information content (AvgIpc) is 3.24. The number of nitrogens with zero attached hydrogens (tertiary/aromatic N) is 5. The van der Waals surface area contributed by atoms with Crippen molar-refractivity contribution in [3.05, 3.63) is 34.5 Å². The number of amides is 1. The molecule has 4 rings (SSSR count). The van der Waals surface area contributed by atoms with E-state index < -0.39 is 0 Å². The topological polar surface area (TPSA) is 67.4 Å². The molecule has 7 nitrogen and oxygen atoms in total. The van der Waals surface area contributed by atoms with Gasteiger partial charge in [0.25, 0.3) is 5.91 Å². The number of aromatic nitrogens is 3. The van der Waals surface area contributed by atoms with Gasteiger partial charge in [0.1, 0.15) is 5.76 Å². The molecule has 0 aromatic carbocycles. The highest BCUT2D eigenvalue weighted by Gasteiger charge is 2.32. The Hall–Kier alpha value is -2.15. The second-order valence-electron chi connectivity index (χ2n) is 7.42.